The first-order valence-corrected chi connectivity index (χ1v) is 9.42. The first kappa shape index (κ1) is 19.4. The normalized spacial score (nSPS) is 11.1. The van der Waals surface area contributed by atoms with E-state index in [9.17, 15) is 9.59 Å². The van der Waals surface area contributed by atoms with E-state index in [2.05, 4.69) is 0 Å². The number of hydrogen-bond donors (Lipinski definition) is 2. The number of benzene rings is 2. The SMILES string of the molecule is Nc1cc(=O)c2cc(OCCCCOc3ccc4oc(N)cc(=O)c4c3)ccc2o1. The Balaban J connectivity index is 1.28. The van der Waals surface area contributed by atoms with E-state index in [1.54, 1.807) is 36.4 Å². The van der Waals surface area contributed by atoms with Crippen LogP contribution in [0, 0.1) is 0 Å². The molecule has 2 heterocycles. The maximum Gasteiger partial charge on any atom is 0.195 e. The number of anilines is 2. The van der Waals surface area contributed by atoms with Gasteiger partial charge in [-0.25, -0.2) is 0 Å². The molecule has 0 bridgehead atoms. The molecular weight excluding hydrogens is 388 g/mol. The molecule has 30 heavy (non-hydrogen) atoms. The second-order valence-corrected chi connectivity index (χ2v) is 6.75. The predicted molar refractivity (Wildman–Crippen MR) is 114 cm³/mol. The second kappa shape index (κ2) is 8.20. The Morgan fingerprint density at radius 1 is 0.667 bits per heavy atom. The van der Waals surface area contributed by atoms with E-state index in [0.717, 1.165) is 12.8 Å². The van der Waals surface area contributed by atoms with E-state index in [-0.39, 0.29) is 22.6 Å². The van der Waals surface area contributed by atoms with Crippen molar-refractivity contribution in [2.45, 2.75) is 12.8 Å². The van der Waals surface area contributed by atoms with Crippen molar-refractivity contribution in [3.63, 3.8) is 0 Å². The van der Waals surface area contributed by atoms with Crippen LogP contribution in [0.5, 0.6) is 11.5 Å². The van der Waals surface area contributed by atoms with Crippen molar-refractivity contribution in [3.05, 3.63) is 69.0 Å². The fraction of sp³-hybridized carbons (Fsp3) is 0.182. The number of nitrogen functional groups attached to an aromatic ring is 2. The van der Waals surface area contributed by atoms with Gasteiger partial charge in [-0.05, 0) is 49.2 Å². The van der Waals surface area contributed by atoms with Crippen molar-refractivity contribution in [2.24, 2.45) is 0 Å². The Labute approximate surface area is 170 Å². The second-order valence-electron chi connectivity index (χ2n) is 6.75. The average molecular weight is 408 g/mol. The lowest BCUT2D eigenvalue weighted by atomic mass is 10.2. The highest BCUT2D eigenvalue weighted by molar-refractivity contribution is 5.79. The lowest BCUT2D eigenvalue weighted by Crippen LogP contribution is -2.05. The monoisotopic (exact) mass is 408 g/mol. The molecule has 2 aromatic carbocycles. The highest BCUT2D eigenvalue weighted by Crippen LogP contribution is 2.21. The van der Waals surface area contributed by atoms with Gasteiger partial charge in [-0.2, -0.15) is 0 Å². The van der Waals surface area contributed by atoms with Gasteiger partial charge in [0.15, 0.2) is 22.6 Å². The van der Waals surface area contributed by atoms with Crippen molar-refractivity contribution in [1.82, 2.24) is 0 Å². The molecule has 0 aliphatic heterocycles. The van der Waals surface area contributed by atoms with Gasteiger partial charge < -0.3 is 29.8 Å². The van der Waals surface area contributed by atoms with E-state index in [1.807, 2.05) is 0 Å². The third kappa shape index (κ3) is 4.22. The van der Waals surface area contributed by atoms with Gasteiger partial charge >= 0.3 is 0 Å². The van der Waals surface area contributed by atoms with Crippen LogP contribution in [0.3, 0.4) is 0 Å². The number of rotatable bonds is 7. The van der Waals surface area contributed by atoms with Crippen molar-refractivity contribution in [3.8, 4) is 11.5 Å². The lowest BCUT2D eigenvalue weighted by Gasteiger charge is -2.09. The summed E-state index contributed by atoms with van der Waals surface area (Å²) in [4.78, 5) is 24.0. The van der Waals surface area contributed by atoms with Gasteiger partial charge in [-0.3, -0.25) is 9.59 Å². The molecule has 0 fully saturated rings. The van der Waals surface area contributed by atoms with Crippen LogP contribution in [0.2, 0.25) is 0 Å². The van der Waals surface area contributed by atoms with Crippen molar-refractivity contribution >= 4 is 33.7 Å². The van der Waals surface area contributed by atoms with Gasteiger partial charge in [-0.1, -0.05) is 0 Å². The summed E-state index contributed by atoms with van der Waals surface area (Å²) in [5.74, 6) is 1.33. The zero-order valence-corrected chi connectivity index (χ0v) is 16.1. The fourth-order valence-corrected chi connectivity index (χ4v) is 3.07. The van der Waals surface area contributed by atoms with E-state index in [4.69, 9.17) is 29.8 Å². The van der Waals surface area contributed by atoms with E-state index in [0.29, 0.717) is 46.7 Å². The summed E-state index contributed by atoms with van der Waals surface area (Å²) in [6.07, 6.45) is 1.50. The molecule has 4 rings (SSSR count). The molecule has 0 radical (unpaired) electrons. The van der Waals surface area contributed by atoms with Gasteiger partial charge in [0.05, 0.1) is 24.0 Å². The first-order valence-electron chi connectivity index (χ1n) is 9.42. The summed E-state index contributed by atoms with van der Waals surface area (Å²) < 4.78 is 22.0. The summed E-state index contributed by atoms with van der Waals surface area (Å²) in [6.45, 7) is 0.936. The lowest BCUT2D eigenvalue weighted by molar-refractivity contribution is 0.266. The molecule has 0 spiro atoms. The van der Waals surface area contributed by atoms with E-state index < -0.39 is 0 Å². The Hall–Kier alpha value is -3.94. The molecule has 0 aliphatic rings. The van der Waals surface area contributed by atoms with Crippen LogP contribution in [0.4, 0.5) is 11.8 Å². The molecule has 0 atom stereocenters. The Bertz CT molecular complexity index is 1220. The smallest absolute Gasteiger partial charge is 0.195 e. The highest BCUT2D eigenvalue weighted by atomic mass is 16.5. The number of unbranched alkanes of at least 4 members (excludes halogenated alkanes) is 1. The summed E-state index contributed by atoms with van der Waals surface area (Å²) in [6, 6.07) is 12.6. The van der Waals surface area contributed by atoms with Crippen LogP contribution in [-0.2, 0) is 0 Å². The van der Waals surface area contributed by atoms with Crippen LogP contribution >= 0.6 is 0 Å². The molecule has 0 aliphatic carbocycles. The van der Waals surface area contributed by atoms with Crippen LogP contribution in [0.25, 0.3) is 21.9 Å². The third-order valence-electron chi connectivity index (χ3n) is 4.51. The largest absolute Gasteiger partial charge is 0.494 e. The quantitative estimate of drug-likeness (QED) is 0.445. The Kier molecular flexibility index (Phi) is 5.30. The highest BCUT2D eigenvalue weighted by Gasteiger charge is 2.06. The minimum atomic E-state index is -0.209. The zero-order valence-electron chi connectivity index (χ0n) is 16.1. The molecule has 0 saturated carbocycles. The van der Waals surface area contributed by atoms with Crippen LogP contribution < -0.4 is 31.8 Å². The minimum Gasteiger partial charge on any atom is -0.494 e. The number of ether oxygens (including phenoxy) is 2. The van der Waals surface area contributed by atoms with Gasteiger partial charge in [0.1, 0.15) is 22.7 Å². The molecule has 2 aromatic heterocycles. The summed E-state index contributed by atoms with van der Waals surface area (Å²) in [5, 5.41) is 0.847. The van der Waals surface area contributed by atoms with Crippen LogP contribution in [0.15, 0.2) is 67.0 Å². The predicted octanol–water partition coefficient (Wildman–Crippen LogP) is 3.30. The number of hydrogen-bond acceptors (Lipinski definition) is 8. The minimum absolute atomic E-state index is 0.0811. The van der Waals surface area contributed by atoms with E-state index >= 15 is 0 Å². The first-order chi connectivity index (χ1) is 14.5. The van der Waals surface area contributed by atoms with Gasteiger partial charge in [0.2, 0.25) is 0 Å². The van der Waals surface area contributed by atoms with Crippen molar-refractivity contribution in [1.29, 1.82) is 0 Å². The van der Waals surface area contributed by atoms with Gasteiger partial charge in [0.25, 0.3) is 0 Å². The third-order valence-corrected chi connectivity index (χ3v) is 4.51. The molecule has 8 nitrogen and oxygen atoms in total. The molecular formula is C22H20N2O6. The van der Waals surface area contributed by atoms with Crippen molar-refractivity contribution in [2.75, 3.05) is 24.7 Å². The molecule has 0 saturated heterocycles. The summed E-state index contributed by atoms with van der Waals surface area (Å²) in [5.41, 5.74) is 11.5. The van der Waals surface area contributed by atoms with Gasteiger partial charge in [-0.15, -0.1) is 0 Å². The Morgan fingerprint density at radius 2 is 1.10 bits per heavy atom. The standard InChI is InChI=1S/C22H20N2O6/c23-21-11-17(25)15-9-13(3-5-19(15)29-21)27-7-1-2-8-28-14-4-6-20-16(10-14)18(26)12-22(24)30-20/h3-6,9-12H,1-2,7-8,23-24H2. The molecule has 0 unspecified atom stereocenters. The topological polar surface area (TPSA) is 131 Å². The number of nitrogens with two attached hydrogens (primary N) is 2. The fourth-order valence-electron chi connectivity index (χ4n) is 3.07. The maximum atomic E-state index is 12.0. The van der Waals surface area contributed by atoms with Crippen LogP contribution in [-0.4, -0.2) is 13.2 Å². The molecule has 8 heteroatoms. The summed E-state index contributed by atoms with van der Waals surface area (Å²) >= 11 is 0. The van der Waals surface area contributed by atoms with Crippen molar-refractivity contribution < 1.29 is 18.3 Å². The Morgan fingerprint density at radius 3 is 1.53 bits per heavy atom. The van der Waals surface area contributed by atoms with Gasteiger partial charge in [0, 0.05) is 12.1 Å². The molecule has 154 valence electrons. The molecule has 4 N–H and O–H groups in total. The van der Waals surface area contributed by atoms with Crippen LogP contribution in [0.1, 0.15) is 12.8 Å². The molecule has 0 amide bonds. The average Bonchev–Trinajstić information content (AvgIpc) is 2.71. The van der Waals surface area contributed by atoms with E-state index in [1.165, 1.54) is 12.1 Å². The zero-order chi connectivity index (χ0) is 21.1. The number of fused-ring (bicyclic) bond motifs is 2. The molecule has 4 aromatic rings. The summed E-state index contributed by atoms with van der Waals surface area (Å²) in [7, 11) is 0. The maximum absolute atomic E-state index is 12.0.